The number of carboxylic acid groups (broad SMARTS) is 1. The fourth-order valence-corrected chi connectivity index (χ4v) is 4.08. The smallest absolute Gasteiger partial charge is 0.320 e. The van der Waals surface area contributed by atoms with E-state index in [0.717, 1.165) is 25.8 Å². The Morgan fingerprint density at radius 3 is 2.92 bits per heavy atom. The van der Waals surface area contributed by atoms with Gasteiger partial charge in [0.2, 0.25) is 5.82 Å². The predicted molar refractivity (Wildman–Crippen MR) is 88.9 cm³/mol. The van der Waals surface area contributed by atoms with Crippen LogP contribution < -0.4 is 10.1 Å². The quantitative estimate of drug-likeness (QED) is 0.758. The average molecular weight is 361 g/mol. The van der Waals surface area contributed by atoms with Gasteiger partial charge in [0.15, 0.2) is 0 Å². The highest BCUT2D eigenvalue weighted by Gasteiger charge is 2.38. The van der Waals surface area contributed by atoms with Crippen LogP contribution in [0.4, 0.5) is 4.39 Å². The lowest BCUT2D eigenvalue weighted by molar-refractivity contribution is -0.141. The summed E-state index contributed by atoms with van der Waals surface area (Å²) in [6, 6.07) is 4.12. The number of aliphatic carboxylic acids is 1. The topological polar surface area (TPSA) is 113 Å². The zero-order chi connectivity index (χ0) is 18.1. The number of carbonyl (C=O) groups is 1. The van der Waals surface area contributed by atoms with Crippen LogP contribution in [0.15, 0.2) is 18.2 Å². The number of halogens is 1. The van der Waals surface area contributed by atoms with Crippen molar-refractivity contribution in [3.8, 4) is 17.1 Å². The van der Waals surface area contributed by atoms with Crippen LogP contribution in [0.1, 0.15) is 25.7 Å². The molecule has 0 amide bonds. The number of hydrogen-bond acceptors (Lipinski definition) is 6. The van der Waals surface area contributed by atoms with Gasteiger partial charge in [0.25, 0.3) is 0 Å². The fourth-order valence-electron chi connectivity index (χ4n) is 4.08. The van der Waals surface area contributed by atoms with Gasteiger partial charge in [-0.25, -0.2) is 4.39 Å². The van der Waals surface area contributed by atoms with Gasteiger partial charge in [-0.2, -0.15) is 5.21 Å². The maximum atomic E-state index is 14.3. The van der Waals surface area contributed by atoms with Gasteiger partial charge in [-0.1, -0.05) is 6.07 Å². The molecular formula is C17H20FN5O3. The number of H-pyrrole nitrogens is 1. The highest BCUT2D eigenvalue weighted by atomic mass is 19.1. The molecule has 2 aromatic rings. The summed E-state index contributed by atoms with van der Waals surface area (Å²) in [5.41, 5.74) is 0.192. The molecule has 0 bridgehead atoms. The molecule has 138 valence electrons. The van der Waals surface area contributed by atoms with Crippen molar-refractivity contribution in [1.29, 1.82) is 0 Å². The number of nitrogens with one attached hydrogen (secondary N) is 2. The van der Waals surface area contributed by atoms with Gasteiger partial charge in [0.05, 0.1) is 6.10 Å². The second-order valence-electron chi connectivity index (χ2n) is 6.96. The number of rotatable bonds is 4. The molecule has 9 heteroatoms. The minimum atomic E-state index is -0.809. The van der Waals surface area contributed by atoms with Crippen molar-refractivity contribution in [2.45, 2.75) is 37.8 Å². The highest BCUT2D eigenvalue weighted by Crippen LogP contribution is 2.39. The molecule has 1 aliphatic carbocycles. The third-order valence-electron chi connectivity index (χ3n) is 5.39. The molecule has 2 fully saturated rings. The third-order valence-corrected chi connectivity index (χ3v) is 5.39. The summed E-state index contributed by atoms with van der Waals surface area (Å²) in [5.74, 6) is 0.0208. The Morgan fingerprint density at radius 2 is 2.15 bits per heavy atom. The van der Waals surface area contributed by atoms with E-state index in [1.165, 1.54) is 6.07 Å². The Labute approximate surface area is 149 Å². The second-order valence-corrected chi connectivity index (χ2v) is 6.96. The van der Waals surface area contributed by atoms with Gasteiger partial charge >= 0.3 is 5.97 Å². The minimum Gasteiger partial charge on any atom is -0.490 e. The summed E-state index contributed by atoms with van der Waals surface area (Å²) in [6.45, 7) is 0.725. The summed E-state index contributed by atoms with van der Waals surface area (Å²) in [5, 5.41) is 25.9. The van der Waals surface area contributed by atoms with E-state index >= 15 is 0 Å². The highest BCUT2D eigenvalue weighted by molar-refractivity contribution is 5.73. The van der Waals surface area contributed by atoms with Gasteiger partial charge in [0.1, 0.15) is 23.2 Å². The second kappa shape index (κ2) is 6.99. The van der Waals surface area contributed by atoms with E-state index in [2.05, 4.69) is 25.9 Å². The van der Waals surface area contributed by atoms with Crippen LogP contribution in [0.5, 0.6) is 5.75 Å². The van der Waals surface area contributed by atoms with Crippen LogP contribution in [0.2, 0.25) is 0 Å². The largest absolute Gasteiger partial charge is 0.490 e. The first-order valence-electron chi connectivity index (χ1n) is 8.77. The fraction of sp³-hybridized carbons (Fsp3) is 0.529. The Balaban J connectivity index is 1.50. The number of hydrogen-bond donors (Lipinski definition) is 3. The molecule has 2 heterocycles. The summed E-state index contributed by atoms with van der Waals surface area (Å²) in [7, 11) is 0. The molecule has 2 unspecified atom stereocenters. The molecule has 1 aliphatic heterocycles. The van der Waals surface area contributed by atoms with E-state index in [1.807, 2.05) is 0 Å². The predicted octanol–water partition coefficient (Wildman–Crippen LogP) is 1.62. The Bertz CT molecular complexity index is 785. The lowest BCUT2D eigenvalue weighted by Gasteiger charge is -2.41. The molecule has 1 aromatic heterocycles. The number of nitrogens with zero attached hydrogens (tertiary/aromatic N) is 3. The van der Waals surface area contributed by atoms with Crippen molar-refractivity contribution in [3.63, 3.8) is 0 Å². The van der Waals surface area contributed by atoms with Crippen LogP contribution in [-0.2, 0) is 4.79 Å². The summed E-state index contributed by atoms with van der Waals surface area (Å²) in [4.78, 5) is 11.3. The van der Waals surface area contributed by atoms with Crippen LogP contribution >= 0.6 is 0 Å². The van der Waals surface area contributed by atoms with Gasteiger partial charge in [-0.05, 0) is 61.4 Å². The molecule has 1 aromatic carbocycles. The van der Waals surface area contributed by atoms with Crippen molar-refractivity contribution in [2.75, 3.05) is 6.54 Å². The summed E-state index contributed by atoms with van der Waals surface area (Å²) < 4.78 is 20.4. The van der Waals surface area contributed by atoms with Crippen molar-refractivity contribution in [3.05, 3.63) is 24.0 Å². The van der Waals surface area contributed by atoms with Gasteiger partial charge in [-0.15, -0.1) is 10.2 Å². The molecule has 1 saturated carbocycles. The lowest BCUT2D eigenvalue weighted by Crippen LogP contribution is -2.50. The summed E-state index contributed by atoms with van der Waals surface area (Å²) in [6.07, 6.45) is 3.08. The molecule has 4 atom stereocenters. The number of tetrazole rings is 1. The first-order chi connectivity index (χ1) is 12.6. The van der Waals surface area contributed by atoms with Crippen molar-refractivity contribution < 1.29 is 19.0 Å². The molecule has 4 rings (SSSR count). The van der Waals surface area contributed by atoms with Crippen molar-refractivity contribution in [1.82, 2.24) is 25.9 Å². The average Bonchev–Trinajstić information content (AvgIpc) is 3.15. The molecule has 1 saturated heterocycles. The van der Waals surface area contributed by atoms with Crippen LogP contribution in [0, 0.1) is 17.7 Å². The maximum absolute atomic E-state index is 14.3. The van der Waals surface area contributed by atoms with Gasteiger partial charge in [-0.3, -0.25) is 4.79 Å². The van der Waals surface area contributed by atoms with Gasteiger partial charge < -0.3 is 15.2 Å². The molecule has 0 radical (unpaired) electrons. The van der Waals surface area contributed by atoms with Gasteiger partial charge in [0, 0.05) is 0 Å². The van der Waals surface area contributed by atoms with E-state index in [9.17, 15) is 14.3 Å². The molecular weight excluding hydrogens is 341 g/mol. The number of piperidine rings is 1. The molecule has 8 nitrogen and oxygen atoms in total. The number of ether oxygens (including phenoxy) is 1. The number of fused-ring (bicyclic) bond motifs is 1. The number of benzene rings is 1. The van der Waals surface area contributed by atoms with Crippen LogP contribution in [0.3, 0.4) is 0 Å². The van der Waals surface area contributed by atoms with Crippen molar-refractivity contribution >= 4 is 5.97 Å². The van der Waals surface area contributed by atoms with E-state index in [1.54, 1.807) is 12.1 Å². The normalized spacial score (nSPS) is 28.3. The summed E-state index contributed by atoms with van der Waals surface area (Å²) >= 11 is 0. The van der Waals surface area contributed by atoms with E-state index in [0.29, 0.717) is 24.0 Å². The molecule has 3 N–H and O–H groups in total. The standard InChI is InChI=1S/C17H20FN5O3/c18-12-2-1-3-14(15(12)16-20-22-23-21-16)26-11-5-4-9-8-19-13(17(24)25)7-10(9)6-11/h1-3,9-11,13,19H,4-8H2,(H,24,25)(H,20,21,22,23)/t9?,10?,11-,13-/m0/s1. The van der Waals surface area contributed by atoms with Crippen molar-refractivity contribution in [2.24, 2.45) is 11.8 Å². The maximum Gasteiger partial charge on any atom is 0.320 e. The number of aromatic amines is 1. The van der Waals surface area contributed by atoms with E-state index in [-0.39, 0.29) is 17.5 Å². The zero-order valence-electron chi connectivity index (χ0n) is 14.1. The van der Waals surface area contributed by atoms with E-state index in [4.69, 9.17) is 4.74 Å². The van der Waals surface area contributed by atoms with Crippen LogP contribution in [0.25, 0.3) is 11.4 Å². The number of carboxylic acids is 1. The lowest BCUT2D eigenvalue weighted by atomic mass is 9.72. The molecule has 26 heavy (non-hydrogen) atoms. The Kier molecular flexibility index (Phi) is 4.54. The number of aromatic nitrogens is 4. The first kappa shape index (κ1) is 16.9. The van der Waals surface area contributed by atoms with E-state index < -0.39 is 17.8 Å². The third kappa shape index (κ3) is 3.26. The monoisotopic (exact) mass is 361 g/mol. The zero-order valence-corrected chi connectivity index (χ0v) is 14.1. The Morgan fingerprint density at radius 1 is 1.27 bits per heavy atom. The SMILES string of the molecule is O=C(O)[C@@H]1CC2C[C@@H](Oc3cccc(F)c3-c3nn[nH]n3)CCC2CN1. The minimum absolute atomic E-state index is 0.0868. The molecule has 0 spiro atoms. The molecule has 2 aliphatic rings. The van der Waals surface area contributed by atoms with Crippen LogP contribution in [-0.4, -0.2) is 50.4 Å². The first-order valence-corrected chi connectivity index (χ1v) is 8.77. The Hall–Kier alpha value is -2.55.